The molecule has 0 aliphatic rings. The zero-order chi connectivity index (χ0) is 96.2. The Morgan fingerprint density at radius 3 is 0.875 bits per heavy atom. The minimum atomic E-state index is 0.923. The molecule has 28 rings (SSSR count). The second-order valence-electron chi connectivity index (χ2n) is 36.5. The molecule has 144 heavy (non-hydrogen) atoms. The average Bonchev–Trinajstić information content (AvgIpc) is 1.58. The van der Waals surface area contributed by atoms with Crippen molar-refractivity contribution in [2.45, 2.75) is 0 Å². The number of halogens is 4. The summed E-state index contributed by atoms with van der Waals surface area (Å²) in [4.78, 5) is 4.73. The molecule has 23 aromatic carbocycles. The first-order valence-corrected chi connectivity index (χ1v) is 51.6. The molecule has 5 aromatic heterocycles. The van der Waals surface area contributed by atoms with Crippen LogP contribution in [-0.4, -0.2) is 23.3 Å². The molecule has 0 unspecified atom stereocenters. The highest BCUT2D eigenvalue weighted by Crippen LogP contribution is 2.47. The van der Waals surface area contributed by atoms with Gasteiger partial charge in [-0.05, 0) is 268 Å². The number of rotatable bonds is 12. The molecule has 680 valence electrons. The van der Waals surface area contributed by atoms with Crippen LogP contribution in [0.4, 0.5) is 0 Å². The quantitative estimate of drug-likeness (QED) is 0.120. The van der Waals surface area contributed by atoms with Gasteiger partial charge in [-0.2, -0.15) is 0 Å². The fourth-order valence-electron chi connectivity index (χ4n) is 21.3. The number of hydrogen-bond donors (Lipinski definition) is 0. The molecule has 0 bridgehead atoms. The topological polar surface area (TPSA) is 32.6 Å². The number of fused-ring (bicyclic) bond motifs is 20. The van der Waals surface area contributed by atoms with Crippen molar-refractivity contribution in [3.05, 3.63) is 546 Å². The Morgan fingerprint density at radius 2 is 0.458 bits per heavy atom. The smallest absolute Gasteiger partial charge is 0.137 e. The molecule has 0 radical (unpaired) electrons. The molecule has 5 heterocycles. The maximum atomic E-state index is 4.73. The van der Waals surface area contributed by atoms with Gasteiger partial charge < -0.3 is 13.7 Å². The highest BCUT2D eigenvalue weighted by molar-refractivity contribution is 9.11. The second-order valence-corrected chi connectivity index (χ2v) is 40.0. The molecule has 0 amide bonds. The Morgan fingerprint density at radius 1 is 0.160 bits per heavy atom. The lowest BCUT2D eigenvalue weighted by molar-refractivity contribution is 1.08. The SMILES string of the molecule is Brc1cccc(-c2cccc(-c3ccc4c(c3)c3ccc5ccccc5c3n4-c3ccccc3)c2)c1.Brc1cccc(-c2cccc(-c3ccc4c5ccc6ccccc6c5n(-c5ccccc5)c4c3)c2)c1.Brc1ccccc1-c1cccc(-c2ccc3c(c2)c2ccc4ccccc4c2n3-c2ccccc2)c1.Brc1ccccc1-c1cccc(-c2ccc3c4c5ccccc5ccc4n(-c4ccccn4)c3c2)c1. The van der Waals surface area contributed by atoms with Crippen LogP contribution >= 0.6 is 63.7 Å². The van der Waals surface area contributed by atoms with Gasteiger partial charge in [0.25, 0.3) is 0 Å². The van der Waals surface area contributed by atoms with Gasteiger partial charge in [-0.25, -0.2) is 4.98 Å². The maximum absolute atomic E-state index is 4.73. The Labute approximate surface area is 867 Å². The van der Waals surface area contributed by atoms with Gasteiger partial charge in [-0.1, -0.05) is 434 Å². The second kappa shape index (κ2) is 38.4. The molecule has 0 saturated heterocycles. The third-order valence-electron chi connectivity index (χ3n) is 28.0. The first kappa shape index (κ1) is 88.8. The monoisotopic (exact) mass is 2090 g/mol. The third-order valence-corrected chi connectivity index (χ3v) is 30.4. The Kier molecular flexibility index (Phi) is 23.7. The number of nitrogens with zero attached hydrogens (tertiary/aromatic N) is 5. The van der Waals surface area contributed by atoms with E-state index in [0.29, 0.717) is 0 Å². The van der Waals surface area contributed by atoms with Gasteiger partial charge in [0.15, 0.2) is 0 Å². The summed E-state index contributed by atoms with van der Waals surface area (Å²) in [5.41, 5.74) is 32.6. The molecular weight excluding hydrogens is 2010 g/mol. The summed E-state index contributed by atoms with van der Waals surface area (Å²) in [6, 6.07) is 187. The Bertz CT molecular complexity index is 9810. The van der Waals surface area contributed by atoms with Crippen LogP contribution in [-0.2, 0) is 0 Å². The summed E-state index contributed by atoms with van der Waals surface area (Å²) >= 11 is 14.6. The molecule has 0 atom stereocenters. The van der Waals surface area contributed by atoms with Gasteiger partial charge in [0, 0.05) is 100 Å². The van der Waals surface area contributed by atoms with E-state index in [1.807, 2.05) is 24.4 Å². The maximum Gasteiger partial charge on any atom is 0.137 e. The van der Waals surface area contributed by atoms with Crippen molar-refractivity contribution in [1.29, 1.82) is 0 Å². The molecular formula is C135H87Br4N5. The van der Waals surface area contributed by atoms with E-state index in [9.17, 15) is 0 Å². The third kappa shape index (κ3) is 16.6. The van der Waals surface area contributed by atoms with Crippen LogP contribution in [0.15, 0.2) is 546 Å². The number of para-hydroxylation sites is 3. The van der Waals surface area contributed by atoms with Crippen LogP contribution in [0.5, 0.6) is 0 Å². The summed E-state index contributed by atoms with van der Waals surface area (Å²) in [6.07, 6.45) is 1.86. The zero-order valence-corrected chi connectivity index (χ0v) is 84.3. The van der Waals surface area contributed by atoms with Crippen LogP contribution in [0.1, 0.15) is 0 Å². The molecule has 28 aromatic rings. The molecule has 0 aliphatic heterocycles. The minimum absolute atomic E-state index is 0.923. The molecule has 0 spiro atoms. The van der Waals surface area contributed by atoms with Crippen LogP contribution in [0.25, 0.3) is 242 Å². The number of hydrogen-bond acceptors (Lipinski definition) is 1. The molecule has 0 N–H and O–H groups in total. The first-order valence-electron chi connectivity index (χ1n) is 48.4. The summed E-state index contributed by atoms with van der Waals surface area (Å²) in [5, 5.41) is 20.2. The first-order chi connectivity index (χ1) is 71.1. The number of benzene rings is 23. The van der Waals surface area contributed by atoms with Crippen molar-refractivity contribution in [3.63, 3.8) is 0 Å². The standard InChI is InChI=1S/3C34H22BrN.C33H21BrN2/c35-28-12-7-11-26(21-28)24-9-6-10-25(20-24)27-17-18-31-32-19-16-23-8-4-5-15-30(23)34(32)36(33(31)22-27)29-13-2-1-3-14-29;35-28-12-7-11-26(21-28)24-9-6-10-25(20-24)27-17-19-33-32(22-27)31-18-16-23-8-4-5-15-30(23)34(31)36(33)29-13-2-1-3-14-29;35-32-16-7-6-14-28(32)26-11-8-10-24(21-26)25-18-20-33-31(22-25)30-19-17-23-9-4-5-15-29(23)34(30)36(33)27-12-2-1-3-13-27;34-29-13-4-3-11-26(29)25-10-7-9-23(20-25)24-15-17-28-31(21-24)36(32-14-5-6-19-35-32)30-18-16-22-8-1-2-12-27(22)33(28)30/h3*1-22H;1-21H. The van der Waals surface area contributed by atoms with E-state index in [2.05, 4.69) is 585 Å². The van der Waals surface area contributed by atoms with Gasteiger partial charge >= 0.3 is 0 Å². The molecule has 0 fully saturated rings. The highest BCUT2D eigenvalue weighted by Gasteiger charge is 2.24. The van der Waals surface area contributed by atoms with Crippen LogP contribution < -0.4 is 0 Å². The molecule has 5 nitrogen and oxygen atoms in total. The van der Waals surface area contributed by atoms with Gasteiger partial charge in [0.05, 0.1) is 44.1 Å². The Balaban J connectivity index is 0.000000101. The van der Waals surface area contributed by atoms with E-state index in [0.717, 1.165) is 29.2 Å². The van der Waals surface area contributed by atoms with E-state index in [-0.39, 0.29) is 0 Å². The van der Waals surface area contributed by atoms with Gasteiger partial charge in [0.2, 0.25) is 0 Å². The highest BCUT2D eigenvalue weighted by atomic mass is 79.9. The van der Waals surface area contributed by atoms with Crippen molar-refractivity contribution >= 4 is 194 Å². The van der Waals surface area contributed by atoms with Crippen LogP contribution in [0, 0.1) is 0 Å². The lowest BCUT2D eigenvalue weighted by atomic mass is 9.97. The average molecular weight is 2100 g/mol. The summed E-state index contributed by atoms with van der Waals surface area (Å²) in [5.74, 6) is 0.923. The van der Waals surface area contributed by atoms with Crippen molar-refractivity contribution in [2.75, 3.05) is 0 Å². The van der Waals surface area contributed by atoms with E-state index in [1.54, 1.807) is 0 Å². The number of aromatic nitrogens is 5. The molecule has 0 aliphatic carbocycles. The summed E-state index contributed by atoms with van der Waals surface area (Å²) in [7, 11) is 0. The van der Waals surface area contributed by atoms with Crippen molar-refractivity contribution in [1.82, 2.24) is 23.3 Å². The van der Waals surface area contributed by atoms with E-state index >= 15 is 0 Å². The largest absolute Gasteiger partial charge is 0.309 e. The zero-order valence-electron chi connectivity index (χ0n) is 78.0. The minimum Gasteiger partial charge on any atom is -0.309 e. The molecule has 9 heteroatoms. The predicted octanol–water partition coefficient (Wildman–Crippen LogP) is 39.5. The predicted molar refractivity (Wildman–Crippen MR) is 625 cm³/mol. The van der Waals surface area contributed by atoms with Crippen molar-refractivity contribution in [2.24, 2.45) is 0 Å². The lowest BCUT2D eigenvalue weighted by Gasteiger charge is -2.11. The number of pyridine rings is 1. The van der Waals surface area contributed by atoms with Crippen molar-refractivity contribution in [3.8, 4) is 112 Å². The van der Waals surface area contributed by atoms with Crippen molar-refractivity contribution < 1.29 is 0 Å². The summed E-state index contributed by atoms with van der Waals surface area (Å²) < 4.78 is 13.9. The van der Waals surface area contributed by atoms with E-state index < -0.39 is 0 Å². The normalized spacial score (nSPS) is 11.5. The van der Waals surface area contributed by atoms with E-state index in [1.165, 1.54) is 231 Å². The Hall–Kier alpha value is -16.6. The summed E-state index contributed by atoms with van der Waals surface area (Å²) in [6.45, 7) is 0. The fourth-order valence-corrected chi connectivity index (χ4v) is 23.2. The van der Waals surface area contributed by atoms with E-state index in [4.69, 9.17) is 4.98 Å². The van der Waals surface area contributed by atoms with Gasteiger partial charge in [-0.3, -0.25) is 4.57 Å². The molecule has 0 saturated carbocycles. The van der Waals surface area contributed by atoms with Gasteiger partial charge in [-0.15, -0.1) is 0 Å². The lowest BCUT2D eigenvalue weighted by Crippen LogP contribution is -1.96. The van der Waals surface area contributed by atoms with Gasteiger partial charge in [0.1, 0.15) is 5.82 Å². The fraction of sp³-hybridized carbons (Fsp3) is 0. The van der Waals surface area contributed by atoms with Crippen LogP contribution in [0.3, 0.4) is 0 Å². The van der Waals surface area contributed by atoms with Crippen LogP contribution in [0.2, 0.25) is 0 Å².